The predicted octanol–water partition coefficient (Wildman–Crippen LogP) is 2.16. The van der Waals surface area contributed by atoms with Crippen LogP contribution in [0, 0.1) is 5.41 Å². The first-order valence-electron chi connectivity index (χ1n) is 5.66. The Bertz CT molecular complexity index is 252. The van der Waals surface area contributed by atoms with E-state index in [-0.39, 0.29) is 12.0 Å². The van der Waals surface area contributed by atoms with Gasteiger partial charge in [0.25, 0.3) is 0 Å². The molecule has 3 nitrogen and oxygen atoms in total. The van der Waals surface area contributed by atoms with E-state index in [1.165, 1.54) is 4.90 Å². The molecule has 0 saturated carbocycles. The molecule has 0 bridgehead atoms. The van der Waals surface area contributed by atoms with Crippen LogP contribution in [-0.4, -0.2) is 36.6 Å². The molecule has 17 heavy (non-hydrogen) atoms. The summed E-state index contributed by atoms with van der Waals surface area (Å²) in [6, 6.07) is 0. The summed E-state index contributed by atoms with van der Waals surface area (Å²) in [5.74, 6) is -0.874. The number of amides is 1. The minimum atomic E-state index is -4.45. The molecule has 0 atom stereocenters. The Morgan fingerprint density at radius 2 is 1.82 bits per heavy atom. The monoisotopic (exact) mass is 254 g/mol. The zero-order valence-corrected chi connectivity index (χ0v) is 10.6. The highest BCUT2D eigenvalue weighted by Crippen LogP contribution is 2.22. The topological polar surface area (TPSA) is 46.3 Å². The third-order valence-corrected chi connectivity index (χ3v) is 2.37. The van der Waals surface area contributed by atoms with Gasteiger partial charge >= 0.3 is 6.18 Å². The lowest BCUT2D eigenvalue weighted by Gasteiger charge is -2.32. The van der Waals surface area contributed by atoms with Crippen molar-refractivity contribution in [2.24, 2.45) is 11.1 Å². The van der Waals surface area contributed by atoms with E-state index < -0.39 is 18.5 Å². The normalized spacial score (nSPS) is 12.6. The molecule has 0 aliphatic heterocycles. The first kappa shape index (κ1) is 16.2. The van der Waals surface area contributed by atoms with E-state index in [2.05, 4.69) is 0 Å². The van der Waals surface area contributed by atoms with Crippen LogP contribution in [0.15, 0.2) is 0 Å². The van der Waals surface area contributed by atoms with Crippen molar-refractivity contribution in [3.63, 3.8) is 0 Å². The van der Waals surface area contributed by atoms with E-state index >= 15 is 0 Å². The van der Waals surface area contributed by atoms with Crippen molar-refractivity contribution in [3.8, 4) is 0 Å². The summed E-state index contributed by atoms with van der Waals surface area (Å²) in [5.41, 5.74) is 5.15. The maximum absolute atomic E-state index is 12.1. The number of nitrogens with zero attached hydrogens (tertiary/aromatic N) is 1. The fourth-order valence-electron chi connectivity index (χ4n) is 1.43. The number of rotatable bonds is 6. The van der Waals surface area contributed by atoms with Crippen molar-refractivity contribution in [2.75, 3.05) is 19.6 Å². The Hall–Kier alpha value is -0.780. The van der Waals surface area contributed by atoms with Gasteiger partial charge in [-0.15, -0.1) is 0 Å². The molecule has 6 heteroatoms. The van der Waals surface area contributed by atoms with Crippen LogP contribution < -0.4 is 5.73 Å². The molecule has 0 aliphatic carbocycles. The van der Waals surface area contributed by atoms with Crippen LogP contribution in [0.4, 0.5) is 13.2 Å². The number of hydrogen-bond acceptors (Lipinski definition) is 2. The Kier molecular flexibility index (Phi) is 5.95. The van der Waals surface area contributed by atoms with Crippen LogP contribution in [0.2, 0.25) is 0 Å². The average Bonchev–Trinajstić information content (AvgIpc) is 2.14. The SMILES string of the molecule is CCCN(CC(C)(C)CN)C(=O)CC(F)(F)F. The van der Waals surface area contributed by atoms with E-state index in [4.69, 9.17) is 5.73 Å². The average molecular weight is 254 g/mol. The van der Waals surface area contributed by atoms with E-state index in [9.17, 15) is 18.0 Å². The van der Waals surface area contributed by atoms with Crippen LogP contribution in [0.5, 0.6) is 0 Å². The third kappa shape index (κ3) is 7.20. The number of alkyl halides is 3. The van der Waals surface area contributed by atoms with Crippen molar-refractivity contribution in [1.29, 1.82) is 0 Å². The lowest BCUT2D eigenvalue weighted by Crippen LogP contribution is -2.43. The number of nitrogens with two attached hydrogens (primary N) is 1. The van der Waals surface area contributed by atoms with Crippen LogP contribution in [0.3, 0.4) is 0 Å². The molecule has 2 N–H and O–H groups in total. The predicted molar refractivity (Wildman–Crippen MR) is 60.4 cm³/mol. The van der Waals surface area contributed by atoms with Crippen molar-refractivity contribution in [3.05, 3.63) is 0 Å². The second kappa shape index (κ2) is 6.23. The summed E-state index contributed by atoms with van der Waals surface area (Å²) in [6.45, 7) is 6.40. The van der Waals surface area contributed by atoms with Gasteiger partial charge in [0.05, 0.1) is 0 Å². The molecule has 0 aromatic heterocycles. The molecule has 0 unspecified atom stereocenters. The fraction of sp³-hybridized carbons (Fsp3) is 0.909. The molecule has 1 amide bonds. The zero-order valence-electron chi connectivity index (χ0n) is 10.6. The van der Waals surface area contributed by atoms with Gasteiger partial charge in [0.15, 0.2) is 0 Å². The highest BCUT2D eigenvalue weighted by molar-refractivity contribution is 5.76. The van der Waals surface area contributed by atoms with Crippen molar-refractivity contribution in [1.82, 2.24) is 4.90 Å². The molecule has 0 heterocycles. The van der Waals surface area contributed by atoms with Gasteiger partial charge in [0.2, 0.25) is 5.91 Å². The quantitative estimate of drug-likeness (QED) is 0.789. The fourth-order valence-corrected chi connectivity index (χ4v) is 1.43. The lowest BCUT2D eigenvalue weighted by molar-refractivity contribution is -0.162. The molecule has 0 fully saturated rings. The lowest BCUT2D eigenvalue weighted by atomic mass is 9.93. The van der Waals surface area contributed by atoms with Crippen LogP contribution in [0.1, 0.15) is 33.6 Å². The second-order valence-electron chi connectivity index (χ2n) is 4.98. The maximum atomic E-state index is 12.1. The smallest absolute Gasteiger partial charge is 0.342 e. The molecule has 0 saturated heterocycles. The van der Waals surface area contributed by atoms with Gasteiger partial charge in [-0.05, 0) is 18.4 Å². The van der Waals surface area contributed by atoms with Gasteiger partial charge in [-0.2, -0.15) is 13.2 Å². The van der Waals surface area contributed by atoms with Crippen LogP contribution in [-0.2, 0) is 4.79 Å². The van der Waals surface area contributed by atoms with Gasteiger partial charge < -0.3 is 10.6 Å². The van der Waals surface area contributed by atoms with Gasteiger partial charge in [-0.25, -0.2) is 0 Å². The van der Waals surface area contributed by atoms with Crippen molar-refractivity contribution in [2.45, 2.75) is 39.8 Å². The summed E-state index contributed by atoms with van der Waals surface area (Å²) >= 11 is 0. The second-order valence-corrected chi connectivity index (χ2v) is 4.98. The largest absolute Gasteiger partial charge is 0.397 e. The molecule has 0 rings (SSSR count). The molecule has 0 aliphatic rings. The standard InChI is InChI=1S/C11H21F3N2O/c1-4-5-16(8-10(2,3)7-15)9(17)6-11(12,13)14/h4-8,15H2,1-3H3. The molecule has 102 valence electrons. The Labute approximate surface area is 100 Å². The van der Waals surface area contributed by atoms with Crippen molar-refractivity contribution >= 4 is 5.91 Å². The number of halogens is 3. The number of carbonyl (C=O) groups excluding carboxylic acids is 1. The van der Waals surface area contributed by atoms with Gasteiger partial charge in [0.1, 0.15) is 6.42 Å². The highest BCUT2D eigenvalue weighted by Gasteiger charge is 2.34. The summed E-state index contributed by atoms with van der Waals surface area (Å²) in [4.78, 5) is 12.8. The zero-order chi connectivity index (χ0) is 13.7. The molecular weight excluding hydrogens is 233 g/mol. The maximum Gasteiger partial charge on any atom is 0.397 e. The summed E-state index contributed by atoms with van der Waals surface area (Å²) in [5, 5.41) is 0. The van der Waals surface area contributed by atoms with E-state index in [0.29, 0.717) is 19.5 Å². The molecule has 0 spiro atoms. The van der Waals surface area contributed by atoms with E-state index in [1.54, 1.807) is 0 Å². The molecule has 0 aromatic rings. The molecule has 0 radical (unpaired) electrons. The number of carbonyl (C=O) groups is 1. The van der Waals surface area contributed by atoms with E-state index in [1.807, 2.05) is 20.8 Å². The summed E-state index contributed by atoms with van der Waals surface area (Å²) in [6.07, 6.45) is -5.21. The summed E-state index contributed by atoms with van der Waals surface area (Å²) < 4.78 is 36.4. The molecule has 0 aromatic carbocycles. The third-order valence-electron chi connectivity index (χ3n) is 2.37. The first-order valence-corrected chi connectivity index (χ1v) is 5.66. The van der Waals surface area contributed by atoms with E-state index in [0.717, 1.165) is 0 Å². The van der Waals surface area contributed by atoms with Gasteiger partial charge in [-0.1, -0.05) is 20.8 Å². The summed E-state index contributed by atoms with van der Waals surface area (Å²) in [7, 11) is 0. The Morgan fingerprint density at radius 1 is 1.29 bits per heavy atom. The number of hydrogen-bond donors (Lipinski definition) is 1. The van der Waals surface area contributed by atoms with Crippen LogP contribution >= 0.6 is 0 Å². The first-order chi connectivity index (χ1) is 7.61. The van der Waals surface area contributed by atoms with Crippen molar-refractivity contribution < 1.29 is 18.0 Å². The minimum absolute atomic E-state index is 0.256. The van der Waals surface area contributed by atoms with Gasteiger partial charge in [0, 0.05) is 13.1 Å². The minimum Gasteiger partial charge on any atom is -0.342 e. The Balaban J connectivity index is 4.57. The Morgan fingerprint density at radius 3 is 2.18 bits per heavy atom. The highest BCUT2D eigenvalue weighted by atomic mass is 19.4. The van der Waals surface area contributed by atoms with Crippen LogP contribution in [0.25, 0.3) is 0 Å². The van der Waals surface area contributed by atoms with Gasteiger partial charge in [-0.3, -0.25) is 4.79 Å². The molecular formula is C11H21F3N2O.